The lowest BCUT2D eigenvalue weighted by Gasteiger charge is -2.22. The summed E-state index contributed by atoms with van der Waals surface area (Å²) in [5.74, 6) is 0. The normalized spacial score (nSPS) is 12.1. The van der Waals surface area contributed by atoms with Crippen LogP contribution >= 0.6 is 0 Å². The first kappa shape index (κ1) is 31.6. The molecule has 0 nitrogen and oxygen atoms in total. The fourth-order valence-corrected chi connectivity index (χ4v) is 10.4. The Labute approximate surface area is 336 Å². The molecule has 1 aliphatic carbocycles. The highest BCUT2D eigenvalue weighted by molar-refractivity contribution is 6.31. The van der Waals surface area contributed by atoms with Gasteiger partial charge in [-0.05, 0) is 144 Å². The summed E-state index contributed by atoms with van der Waals surface area (Å²) in [6.45, 7) is 0. The van der Waals surface area contributed by atoms with Crippen molar-refractivity contribution in [2.45, 2.75) is 0 Å². The molecule has 0 radical (unpaired) electrons. The van der Waals surface area contributed by atoms with Crippen molar-refractivity contribution in [3.05, 3.63) is 206 Å². The lowest BCUT2D eigenvalue weighted by Crippen LogP contribution is -1.95. The first-order valence-electron chi connectivity index (χ1n) is 20.3. The van der Waals surface area contributed by atoms with Gasteiger partial charge in [-0.1, -0.05) is 194 Å². The highest BCUT2D eigenvalue weighted by Gasteiger charge is 2.26. The summed E-state index contributed by atoms with van der Waals surface area (Å²) in [6.07, 6.45) is 0. The molecule has 58 heavy (non-hydrogen) atoms. The molecule has 0 amide bonds. The van der Waals surface area contributed by atoms with Crippen molar-refractivity contribution in [2.75, 3.05) is 0 Å². The van der Waals surface area contributed by atoms with Gasteiger partial charge < -0.3 is 0 Å². The molecule has 0 aromatic heterocycles. The van der Waals surface area contributed by atoms with Gasteiger partial charge in [-0.2, -0.15) is 0 Å². The van der Waals surface area contributed by atoms with E-state index < -0.39 is 0 Å². The molecule has 12 aromatic carbocycles. The summed E-state index contributed by atoms with van der Waals surface area (Å²) in [4.78, 5) is 0. The summed E-state index contributed by atoms with van der Waals surface area (Å²) in [7, 11) is 0. The maximum absolute atomic E-state index is 2.46. The molecule has 266 valence electrons. The van der Waals surface area contributed by atoms with Crippen LogP contribution in [0, 0.1) is 0 Å². The molecule has 0 heterocycles. The molecule has 0 aliphatic heterocycles. The van der Waals surface area contributed by atoms with Crippen LogP contribution in [-0.2, 0) is 0 Å². The number of fused-ring (bicyclic) bond motifs is 5. The van der Waals surface area contributed by atoms with Gasteiger partial charge in [0.2, 0.25) is 0 Å². The molecule has 0 saturated heterocycles. The zero-order chi connectivity index (χ0) is 37.9. The minimum absolute atomic E-state index is 1.22. The van der Waals surface area contributed by atoms with E-state index in [2.05, 4.69) is 206 Å². The average molecular weight is 731 g/mol. The monoisotopic (exact) mass is 730 g/mol. The zero-order valence-electron chi connectivity index (χ0n) is 31.6. The predicted octanol–water partition coefficient (Wildman–Crippen LogP) is 16.4. The van der Waals surface area contributed by atoms with Crippen molar-refractivity contribution in [1.82, 2.24) is 0 Å². The first-order valence-corrected chi connectivity index (χ1v) is 20.3. The van der Waals surface area contributed by atoms with Crippen LogP contribution in [0.2, 0.25) is 0 Å². The minimum Gasteiger partial charge on any atom is -0.0622 e. The van der Waals surface area contributed by atoms with Crippen LogP contribution in [0.5, 0.6) is 0 Å². The van der Waals surface area contributed by atoms with Crippen molar-refractivity contribution >= 4 is 64.6 Å². The smallest absolute Gasteiger partial charge is 0.00199 e. The fraction of sp³-hybridized carbons (Fsp3) is 0. The Kier molecular flexibility index (Phi) is 6.54. The van der Waals surface area contributed by atoms with Gasteiger partial charge in [0.15, 0.2) is 0 Å². The molecule has 0 atom stereocenters. The molecule has 12 aromatic rings. The van der Waals surface area contributed by atoms with E-state index in [1.165, 1.54) is 131 Å². The molecule has 0 spiro atoms. The highest BCUT2D eigenvalue weighted by atomic mass is 14.3. The van der Waals surface area contributed by atoms with E-state index in [-0.39, 0.29) is 0 Å². The SMILES string of the molecule is c1ccc(-c2ccc3c(-c4ccc5ccc6cccc7ccc4c5c67)c4cc(-c5ccccc5)ccc4c(-c4ccc5c6c(cccc46)-c4ccccc4-5)c3c2)cc1. The molecular weight excluding hydrogens is 697 g/mol. The van der Waals surface area contributed by atoms with E-state index in [0.717, 1.165) is 0 Å². The van der Waals surface area contributed by atoms with E-state index in [4.69, 9.17) is 0 Å². The molecule has 13 rings (SSSR count). The Morgan fingerprint density at radius 3 is 1.24 bits per heavy atom. The van der Waals surface area contributed by atoms with Crippen molar-refractivity contribution in [3.8, 4) is 66.8 Å². The van der Waals surface area contributed by atoms with E-state index in [0.29, 0.717) is 0 Å². The maximum Gasteiger partial charge on any atom is -0.00199 e. The summed E-state index contributed by atoms with van der Waals surface area (Å²) in [5.41, 5.74) is 15.2. The second-order valence-corrected chi connectivity index (χ2v) is 15.9. The summed E-state index contributed by atoms with van der Waals surface area (Å²) in [5, 5.41) is 15.5. The van der Waals surface area contributed by atoms with Gasteiger partial charge in [0, 0.05) is 0 Å². The van der Waals surface area contributed by atoms with Gasteiger partial charge in [-0.25, -0.2) is 0 Å². The molecule has 0 fully saturated rings. The average Bonchev–Trinajstić information content (AvgIpc) is 3.62. The molecule has 0 unspecified atom stereocenters. The third-order valence-corrected chi connectivity index (χ3v) is 12.9. The fourth-order valence-electron chi connectivity index (χ4n) is 10.4. The summed E-state index contributed by atoms with van der Waals surface area (Å²) in [6, 6.07) is 77.3. The van der Waals surface area contributed by atoms with Gasteiger partial charge in [0.1, 0.15) is 0 Å². The van der Waals surface area contributed by atoms with Crippen molar-refractivity contribution in [1.29, 1.82) is 0 Å². The van der Waals surface area contributed by atoms with Crippen LogP contribution in [0.3, 0.4) is 0 Å². The third-order valence-electron chi connectivity index (χ3n) is 12.9. The quantitative estimate of drug-likeness (QED) is 0.125. The number of hydrogen-bond acceptors (Lipinski definition) is 0. The minimum atomic E-state index is 1.22. The van der Waals surface area contributed by atoms with Gasteiger partial charge in [0.25, 0.3) is 0 Å². The van der Waals surface area contributed by atoms with Crippen molar-refractivity contribution in [2.24, 2.45) is 0 Å². The summed E-state index contributed by atoms with van der Waals surface area (Å²) >= 11 is 0. The summed E-state index contributed by atoms with van der Waals surface area (Å²) < 4.78 is 0. The Bertz CT molecular complexity index is 3600. The molecule has 0 heteroatoms. The Morgan fingerprint density at radius 2 is 0.621 bits per heavy atom. The van der Waals surface area contributed by atoms with Crippen LogP contribution in [0.15, 0.2) is 206 Å². The van der Waals surface area contributed by atoms with E-state index >= 15 is 0 Å². The Balaban J connectivity index is 1.21. The van der Waals surface area contributed by atoms with Gasteiger partial charge >= 0.3 is 0 Å². The van der Waals surface area contributed by atoms with Crippen LogP contribution in [0.1, 0.15) is 0 Å². The Hall–Kier alpha value is -7.54. The molecule has 0 N–H and O–H groups in total. The first-order chi connectivity index (χ1) is 28.8. The number of hydrogen-bond donors (Lipinski definition) is 0. The third kappa shape index (κ3) is 4.40. The largest absolute Gasteiger partial charge is 0.0622 e. The van der Waals surface area contributed by atoms with Crippen LogP contribution in [0.4, 0.5) is 0 Å². The molecule has 0 saturated carbocycles. The molecular formula is C58H34. The zero-order valence-corrected chi connectivity index (χ0v) is 31.6. The predicted molar refractivity (Wildman–Crippen MR) is 249 cm³/mol. The lowest BCUT2D eigenvalue weighted by atomic mass is 9.81. The second-order valence-electron chi connectivity index (χ2n) is 15.9. The second kappa shape index (κ2) is 12.0. The lowest BCUT2D eigenvalue weighted by molar-refractivity contribution is 1.63. The number of rotatable bonds is 4. The Morgan fingerprint density at radius 1 is 0.190 bits per heavy atom. The van der Waals surface area contributed by atoms with Gasteiger partial charge in [0.05, 0.1) is 0 Å². The van der Waals surface area contributed by atoms with Gasteiger partial charge in [-0.15, -0.1) is 0 Å². The highest BCUT2D eigenvalue weighted by Crippen LogP contribution is 2.53. The van der Waals surface area contributed by atoms with Crippen molar-refractivity contribution in [3.63, 3.8) is 0 Å². The number of benzene rings is 12. The molecule has 1 aliphatic rings. The topological polar surface area (TPSA) is 0 Å². The van der Waals surface area contributed by atoms with E-state index in [1.54, 1.807) is 0 Å². The van der Waals surface area contributed by atoms with E-state index in [1.807, 2.05) is 0 Å². The van der Waals surface area contributed by atoms with Gasteiger partial charge in [-0.3, -0.25) is 0 Å². The van der Waals surface area contributed by atoms with E-state index in [9.17, 15) is 0 Å². The maximum atomic E-state index is 2.46. The van der Waals surface area contributed by atoms with Crippen LogP contribution in [0.25, 0.3) is 131 Å². The standard InChI is InChI=1S/C58H34/c1-3-11-35(12-4-1)40-26-30-51-52(33-40)57(48-28-24-39-22-21-37-15-9-16-38-23-27-47(48)55(39)54(37)38)50-29-25-41(36-13-5-2-6-14-36)34-53(50)58(51)49-32-31-46-43-18-8-7-17-42(43)44-19-10-20-45(49)56(44)46/h1-34H. The molecule has 0 bridgehead atoms. The van der Waals surface area contributed by atoms with Crippen molar-refractivity contribution < 1.29 is 0 Å². The van der Waals surface area contributed by atoms with Crippen LogP contribution < -0.4 is 0 Å². The van der Waals surface area contributed by atoms with Crippen LogP contribution in [-0.4, -0.2) is 0 Å².